The molecule has 0 saturated carbocycles. The zero-order valence-corrected chi connectivity index (χ0v) is 12.9. The van der Waals surface area contributed by atoms with Gasteiger partial charge >= 0.3 is 5.69 Å². The van der Waals surface area contributed by atoms with Gasteiger partial charge in [0.25, 0.3) is 0 Å². The number of rotatable bonds is 5. The Balaban J connectivity index is 1.94. The second kappa shape index (κ2) is 7.10. The summed E-state index contributed by atoms with van der Waals surface area (Å²) in [5.74, 6) is 0.631. The molecule has 0 fully saturated rings. The predicted molar refractivity (Wildman–Crippen MR) is 91.8 cm³/mol. The highest BCUT2D eigenvalue weighted by Gasteiger charge is 2.23. The van der Waals surface area contributed by atoms with Gasteiger partial charge < -0.3 is 10.1 Å². The first-order chi connectivity index (χ1) is 12.2. The fourth-order valence-electron chi connectivity index (χ4n) is 2.17. The minimum atomic E-state index is -0.544. The summed E-state index contributed by atoms with van der Waals surface area (Å²) in [5, 5.41) is 23.2. The SMILES string of the molecule is N#Cc1ccc(Nc2nccc(Oc3ccccc3)c2[N+](=O)[O-])cc1. The molecule has 0 aliphatic carbocycles. The maximum atomic E-state index is 11.5. The molecule has 0 aliphatic heterocycles. The van der Waals surface area contributed by atoms with Crippen molar-refractivity contribution in [2.45, 2.75) is 0 Å². The molecule has 25 heavy (non-hydrogen) atoms. The fourth-order valence-corrected chi connectivity index (χ4v) is 2.17. The molecule has 0 saturated heterocycles. The number of anilines is 2. The molecule has 0 atom stereocenters. The van der Waals surface area contributed by atoms with Gasteiger partial charge in [-0.05, 0) is 36.4 Å². The van der Waals surface area contributed by atoms with E-state index in [1.54, 1.807) is 48.5 Å². The van der Waals surface area contributed by atoms with Gasteiger partial charge in [0.05, 0.1) is 16.6 Å². The van der Waals surface area contributed by atoms with Gasteiger partial charge in [0.2, 0.25) is 11.6 Å². The summed E-state index contributed by atoms with van der Waals surface area (Å²) in [6.07, 6.45) is 1.43. The number of nitrogens with one attached hydrogen (secondary N) is 1. The van der Waals surface area contributed by atoms with Crippen molar-refractivity contribution in [2.24, 2.45) is 0 Å². The number of nitro groups is 1. The third-order valence-corrected chi connectivity index (χ3v) is 3.32. The molecule has 0 radical (unpaired) electrons. The van der Waals surface area contributed by atoms with Gasteiger partial charge in [-0.3, -0.25) is 10.1 Å². The molecule has 1 aromatic heterocycles. The minimum Gasteiger partial charge on any atom is -0.450 e. The average molecular weight is 332 g/mol. The molecule has 0 spiro atoms. The molecule has 0 amide bonds. The van der Waals surface area contributed by atoms with E-state index >= 15 is 0 Å². The molecule has 3 rings (SSSR count). The minimum absolute atomic E-state index is 0.0585. The third kappa shape index (κ3) is 3.71. The van der Waals surface area contributed by atoms with Crippen molar-refractivity contribution in [3.05, 3.63) is 82.5 Å². The molecule has 3 aromatic rings. The molecule has 0 aliphatic rings. The Morgan fingerprint density at radius 1 is 1.08 bits per heavy atom. The first-order valence-corrected chi connectivity index (χ1v) is 7.31. The molecule has 7 heteroatoms. The Hall–Kier alpha value is -3.92. The number of ether oxygens (including phenoxy) is 1. The first kappa shape index (κ1) is 16.0. The summed E-state index contributed by atoms with van der Waals surface area (Å²) in [6.45, 7) is 0. The van der Waals surface area contributed by atoms with Crippen molar-refractivity contribution in [1.29, 1.82) is 5.26 Å². The molecule has 0 unspecified atom stereocenters. The highest BCUT2D eigenvalue weighted by Crippen LogP contribution is 2.37. The van der Waals surface area contributed by atoms with Gasteiger partial charge in [0.1, 0.15) is 5.75 Å². The van der Waals surface area contributed by atoms with Crippen LogP contribution in [0.4, 0.5) is 17.2 Å². The maximum Gasteiger partial charge on any atom is 0.353 e. The van der Waals surface area contributed by atoms with Gasteiger partial charge in [0, 0.05) is 18.0 Å². The fraction of sp³-hybridized carbons (Fsp3) is 0. The van der Waals surface area contributed by atoms with Gasteiger partial charge in [-0.1, -0.05) is 18.2 Å². The number of hydrogen-bond donors (Lipinski definition) is 1. The molecule has 7 nitrogen and oxygen atoms in total. The largest absolute Gasteiger partial charge is 0.450 e. The van der Waals surface area contributed by atoms with Crippen LogP contribution in [-0.2, 0) is 0 Å². The van der Waals surface area contributed by atoms with Gasteiger partial charge in [-0.15, -0.1) is 0 Å². The van der Waals surface area contributed by atoms with Gasteiger partial charge in [0.15, 0.2) is 0 Å². The van der Waals surface area contributed by atoms with E-state index in [9.17, 15) is 10.1 Å². The van der Waals surface area contributed by atoms with Crippen molar-refractivity contribution in [3.63, 3.8) is 0 Å². The third-order valence-electron chi connectivity index (χ3n) is 3.32. The summed E-state index contributed by atoms with van der Waals surface area (Å²) >= 11 is 0. The van der Waals surface area contributed by atoms with Crippen LogP contribution >= 0.6 is 0 Å². The van der Waals surface area contributed by atoms with Crippen molar-refractivity contribution >= 4 is 17.2 Å². The second-order valence-electron chi connectivity index (χ2n) is 4.99. The van der Waals surface area contributed by atoms with Crippen LogP contribution in [0.2, 0.25) is 0 Å². The van der Waals surface area contributed by atoms with E-state index in [4.69, 9.17) is 10.00 Å². The highest BCUT2D eigenvalue weighted by molar-refractivity contribution is 5.70. The predicted octanol–water partition coefficient (Wildman–Crippen LogP) is 4.40. The van der Waals surface area contributed by atoms with E-state index in [0.29, 0.717) is 17.0 Å². The standard InChI is InChI=1S/C18H12N4O3/c19-12-13-6-8-14(9-7-13)21-18-17(22(23)24)16(10-11-20-18)25-15-4-2-1-3-5-15/h1-11H,(H,20,21). The lowest BCUT2D eigenvalue weighted by molar-refractivity contribution is -0.384. The maximum absolute atomic E-state index is 11.5. The second-order valence-corrected chi connectivity index (χ2v) is 4.99. The molecule has 1 N–H and O–H groups in total. The summed E-state index contributed by atoms with van der Waals surface area (Å²) in [7, 11) is 0. The van der Waals surface area contributed by atoms with Crippen molar-refractivity contribution in [2.75, 3.05) is 5.32 Å². The topological polar surface area (TPSA) is 101 Å². The molecule has 122 valence electrons. The van der Waals surface area contributed by atoms with Crippen LogP contribution in [-0.4, -0.2) is 9.91 Å². The zero-order valence-electron chi connectivity index (χ0n) is 12.9. The molecular weight excluding hydrogens is 320 g/mol. The number of para-hydroxylation sites is 1. The number of benzene rings is 2. The number of pyridine rings is 1. The van der Waals surface area contributed by atoms with Crippen LogP contribution < -0.4 is 10.1 Å². The van der Waals surface area contributed by atoms with E-state index < -0.39 is 4.92 Å². The summed E-state index contributed by atoms with van der Waals surface area (Å²) < 4.78 is 5.62. The zero-order chi connectivity index (χ0) is 17.6. The van der Waals surface area contributed by atoms with Crippen molar-refractivity contribution < 1.29 is 9.66 Å². The van der Waals surface area contributed by atoms with E-state index in [1.165, 1.54) is 12.3 Å². The van der Waals surface area contributed by atoms with E-state index in [1.807, 2.05) is 12.1 Å². The Morgan fingerprint density at radius 3 is 2.44 bits per heavy atom. The van der Waals surface area contributed by atoms with Crippen molar-refractivity contribution in [3.8, 4) is 17.6 Å². The number of aromatic nitrogens is 1. The van der Waals surface area contributed by atoms with Crippen LogP contribution in [0.1, 0.15) is 5.56 Å². The molecular formula is C18H12N4O3. The van der Waals surface area contributed by atoms with Crippen LogP contribution in [0.25, 0.3) is 0 Å². The van der Waals surface area contributed by atoms with E-state index in [2.05, 4.69) is 10.3 Å². The lowest BCUT2D eigenvalue weighted by Crippen LogP contribution is -2.01. The Bertz CT molecular complexity index is 935. The number of hydrogen-bond acceptors (Lipinski definition) is 6. The Kier molecular flexibility index (Phi) is 4.53. The Labute approximate surface area is 143 Å². The van der Waals surface area contributed by atoms with E-state index in [0.717, 1.165) is 0 Å². The molecule has 0 bridgehead atoms. The summed E-state index contributed by atoms with van der Waals surface area (Å²) in [6, 6.07) is 18.8. The van der Waals surface area contributed by atoms with Crippen LogP contribution in [0.15, 0.2) is 66.9 Å². The smallest absolute Gasteiger partial charge is 0.353 e. The normalized spacial score (nSPS) is 9.88. The summed E-state index contributed by atoms with van der Waals surface area (Å²) in [4.78, 5) is 15.0. The lowest BCUT2D eigenvalue weighted by Gasteiger charge is -2.10. The van der Waals surface area contributed by atoms with Crippen LogP contribution in [0, 0.1) is 21.4 Å². The number of nitrogens with zero attached hydrogens (tertiary/aromatic N) is 3. The van der Waals surface area contributed by atoms with E-state index in [-0.39, 0.29) is 17.3 Å². The molecule has 1 heterocycles. The van der Waals surface area contributed by atoms with Crippen LogP contribution in [0.5, 0.6) is 11.5 Å². The van der Waals surface area contributed by atoms with Gasteiger partial charge in [-0.25, -0.2) is 4.98 Å². The monoisotopic (exact) mass is 332 g/mol. The van der Waals surface area contributed by atoms with Crippen molar-refractivity contribution in [1.82, 2.24) is 4.98 Å². The molecule has 2 aromatic carbocycles. The van der Waals surface area contributed by atoms with Gasteiger partial charge in [-0.2, -0.15) is 5.26 Å². The lowest BCUT2D eigenvalue weighted by atomic mass is 10.2. The average Bonchev–Trinajstić information content (AvgIpc) is 2.63. The highest BCUT2D eigenvalue weighted by atomic mass is 16.6. The number of nitriles is 1. The Morgan fingerprint density at radius 2 is 1.80 bits per heavy atom. The first-order valence-electron chi connectivity index (χ1n) is 7.31. The summed E-state index contributed by atoms with van der Waals surface area (Å²) in [5.41, 5.74) is 0.802. The quantitative estimate of drug-likeness (QED) is 0.549. The van der Waals surface area contributed by atoms with Crippen LogP contribution in [0.3, 0.4) is 0 Å².